The number of aromatic amines is 1. The first-order valence-corrected chi connectivity index (χ1v) is 8.11. The number of hydrogen-bond donors (Lipinski definition) is 3. The molecule has 8 heteroatoms. The lowest BCUT2D eigenvalue weighted by atomic mass is 10.1. The van der Waals surface area contributed by atoms with Gasteiger partial charge in [0.15, 0.2) is 5.65 Å². The molecule has 0 radical (unpaired) electrons. The van der Waals surface area contributed by atoms with Crippen LogP contribution in [0.2, 0.25) is 0 Å². The minimum Gasteiger partial charge on any atom is -0.497 e. The Kier molecular flexibility index (Phi) is 4.02. The van der Waals surface area contributed by atoms with Crippen molar-refractivity contribution in [2.45, 2.75) is 0 Å². The molecule has 1 amide bonds. The van der Waals surface area contributed by atoms with Crippen LogP contribution in [0.1, 0.15) is 10.6 Å². The third kappa shape index (κ3) is 2.56. The summed E-state index contributed by atoms with van der Waals surface area (Å²) >= 11 is 0. The highest BCUT2D eigenvalue weighted by molar-refractivity contribution is 5.97. The normalized spacial score (nSPS) is 11.2. The molecular weight excluding hydrogens is 334 g/mol. The molecule has 0 saturated carbocycles. The highest BCUT2D eigenvalue weighted by Crippen LogP contribution is 2.28. The summed E-state index contributed by atoms with van der Waals surface area (Å²) in [7, 11) is 1.61. The van der Waals surface area contributed by atoms with Crippen molar-refractivity contribution in [3.05, 3.63) is 48.5 Å². The van der Waals surface area contributed by atoms with Gasteiger partial charge in [0.25, 0.3) is 5.91 Å². The van der Waals surface area contributed by atoms with E-state index < -0.39 is 0 Å². The molecule has 1 aromatic carbocycles. The van der Waals surface area contributed by atoms with Crippen LogP contribution in [0.5, 0.6) is 5.75 Å². The Morgan fingerprint density at radius 1 is 1.27 bits per heavy atom. The molecule has 0 aliphatic carbocycles. The molecule has 0 unspecified atom stereocenters. The van der Waals surface area contributed by atoms with Gasteiger partial charge in [0.2, 0.25) is 5.82 Å². The predicted octanol–water partition coefficient (Wildman–Crippen LogP) is 1.61. The molecule has 0 bridgehead atoms. The molecule has 26 heavy (non-hydrogen) atoms. The maximum Gasteiger partial charge on any atom is 0.287 e. The standard InChI is InChI=1S/C18H17N5O3/c1-26-12-4-2-11(3-5-12)15-14-10-21-16-13(6-7-19-16)23(14)17(22-15)18(25)20-8-9-24/h2-7,10,19,24H,8-9H2,1H3,(H,20,25). The molecule has 0 atom stereocenters. The minimum absolute atomic E-state index is 0.137. The number of amides is 1. The van der Waals surface area contributed by atoms with E-state index in [0.717, 1.165) is 22.3 Å². The third-order valence-corrected chi connectivity index (χ3v) is 4.14. The first-order valence-electron chi connectivity index (χ1n) is 8.11. The SMILES string of the molecule is COc1ccc(-c2nc(C(=O)NCCO)n3c2cnc2[nH]ccc23)cc1. The van der Waals surface area contributed by atoms with E-state index in [1.165, 1.54) is 0 Å². The molecular formula is C18H17N5O3. The van der Waals surface area contributed by atoms with E-state index in [2.05, 4.69) is 20.3 Å². The Morgan fingerprint density at radius 3 is 2.81 bits per heavy atom. The fraction of sp³-hybridized carbons (Fsp3) is 0.167. The molecule has 132 valence electrons. The van der Waals surface area contributed by atoms with Crippen LogP contribution in [0.4, 0.5) is 0 Å². The first kappa shape index (κ1) is 16.1. The fourth-order valence-electron chi connectivity index (χ4n) is 2.92. The van der Waals surface area contributed by atoms with E-state index in [1.807, 2.05) is 30.3 Å². The largest absolute Gasteiger partial charge is 0.497 e. The Hall–Kier alpha value is -3.39. The number of imidazole rings is 1. The van der Waals surface area contributed by atoms with Gasteiger partial charge >= 0.3 is 0 Å². The third-order valence-electron chi connectivity index (χ3n) is 4.14. The number of carbonyl (C=O) groups is 1. The lowest BCUT2D eigenvalue weighted by Crippen LogP contribution is -2.28. The van der Waals surface area contributed by atoms with Gasteiger partial charge in [-0.3, -0.25) is 9.20 Å². The second-order valence-corrected chi connectivity index (χ2v) is 5.68. The Labute approximate surface area is 148 Å². The molecule has 4 rings (SSSR count). The van der Waals surface area contributed by atoms with Gasteiger partial charge in [-0.25, -0.2) is 9.97 Å². The minimum atomic E-state index is -0.359. The molecule has 3 N–H and O–H groups in total. The smallest absolute Gasteiger partial charge is 0.287 e. The maximum atomic E-state index is 12.6. The lowest BCUT2D eigenvalue weighted by Gasteiger charge is -2.03. The summed E-state index contributed by atoms with van der Waals surface area (Å²) in [6.07, 6.45) is 3.45. The van der Waals surface area contributed by atoms with Crippen LogP contribution < -0.4 is 10.1 Å². The molecule has 4 aromatic rings. The number of aliphatic hydroxyl groups is 1. The lowest BCUT2D eigenvalue weighted by molar-refractivity contribution is 0.0934. The van der Waals surface area contributed by atoms with E-state index >= 15 is 0 Å². The molecule has 3 heterocycles. The molecule has 8 nitrogen and oxygen atoms in total. The zero-order valence-electron chi connectivity index (χ0n) is 14.1. The van der Waals surface area contributed by atoms with Crippen LogP contribution in [-0.2, 0) is 0 Å². The monoisotopic (exact) mass is 351 g/mol. The average Bonchev–Trinajstić information content (AvgIpc) is 3.30. The van der Waals surface area contributed by atoms with Crippen molar-refractivity contribution in [3.8, 4) is 17.0 Å². The first-order chi connectivity index (χ1) is 12.7. The number of nitrogens with zero attached hydrogens (tertiary/aromatic N) is 3. The number of hydrogen-bond acceptors (Lipinski definition) is 5. The van der Waals surface area contributed by atoms with Gasteiger partial charge in [-0.1, -0.05) is 0 Å². The van der Waals surface area contributed by atoms with Crippen molar-refractivity contribution < 1.29 is 14.6 Å². The number of ether oxygens (including phenoxy) is 1. The summed E-state index contributed by atoms with van der Waals surface area (Å²) in [6.45, 7) is 0.0223. The van der Waals surface area contributed by atoms with Gasteiger partial charge in [0.1, 0.15) is 5.75 Å². The molecule has 0 saturated heterocycles. The number of methoxy groups -OCH3 is 1. The van der Waals surface area contributed by atoms with Crippen molar-refractivity contribution in [2.24, 2.45) is 0 Å². The second kappa shape index (κ2) is 6.49. The van der Waals surface area contributed by atoms with Crippen LogP contribution >= 0.6 is 0 Å². The van der Waals surface area contributed by atoms with E-state index in [-0.39, 0.29) is 24.9 Å². The second-order valence-electron chi connectivity index (χ2n) is 5.68. The van der Waals surface area contributed by atoms with E-state index in [9.17, 15) is 4.79 Å². The predicted molar refractivity (Wildman–Crippen MR) is 96.3 cm³/mol. The Balaban J connectivity index is 1.94. The van der Waals surface area contributed by atoms with E-state index in [4.69, 9.17) is 9.84 Å². The summed E-state index contributed by atoms with van der Waals surface area (Å²) in [6, 6.07) is 9.30. The van der Waals surface area contributed by atoms with Crippen LogP contribution in [0.25, 0.3) is 27.9 Å². The molecule has 0 fully saturated rings. The number of nitrogens with one attached hydrogen (secondary N) is 2. The summed E-state index contributed by atoms with van der Waals surface area (Å²) in [5.41, 5.74) is 3.63. The maximum absolute atomic E-state index is 12.6. The van der Waals surface area contributed by atoms with Gasteiger partial charge in [0, 0.05) is 18.3 Å². The highest BCUT2D eigenvalue weighted by atomic mass is 16.5. The van der Waals surface area contributed by atoms with Crippen LogP contribution in [0, 0.1) is 0 Å². The topological polar surface area (TPSA) is 105 Å². The van der Waals surface area contributed by atoms with Crippen molar-refractivity contribution in [1.29, 1.82) is 0 Å². The van der Waals surface area contributed by atoms with Gasteiger partial charge in [-0.15, -0.1) is 0 Å². The van der Waals surface area contributed by atoms with Crippen LogP contribution in [-0.4, -0.2) is 50.6 Å². The van der Waals surface area contributed by atoms with Crippen molar-refractivity contribution >= 4 is 22.6 Å². The zero-order valence-corrected chi connectivity index (χ0v) is 14.1. The fourth-order valence-corrected chi connectivity index (χ4v) is 2.92. The highest BCUT2D eigenvalue weighted by Gasteiger charge is 2.20. The van der Waals surface area contributed by atoms with Gasteiger partial charge in [-0.05, 0) is 30.3 Å². The van der Waals surface area contributed by atoms with E-state index in [1.54, 1.807) is 23.9 Å². The quantitative estimate of drug-likeness (QED) is 0.507. The Morgan fingerprint density at radius 2 is 2.08 bits per heavy atom. The van der Waals surface area contributed by atoms with Crippen LogP contribution in [0.3, 0.4) is 0 Å². The molecule has 0 aliphatic heterocycles. The van der Waals surface area contributed by atoms with E-state index in [0.29, 0.717) is 11.3 Å². The van der Waals surface area contributed by atoms with Crippen molar-refractivity contribution in [2.75, 3.05) is 20.3 Å². The number of carbonyl (C=O) groups excluding carboxylic acids is 1. The number of aliphatic hydroxyl groups excluding tert-OH is 1. The molecule has 3 aromatic heterocycles. The number of aromatic nitrogens is 4. The summed E-state index contributed by atoms with van der Waals surface area (Å²) < 4.78 is 6.97. The zero-order chi connectivity index (χ0) is 18.1. The number of benzene rings is 1. The number of rotatable bonds is 5. The van der Waals surface area contributed by atoms with Gasteiger partial charge in [0.05, 0.1) is 36.6 Å². The van der Waals surface area contributed by atoms with Crippen molar-refractivity contribution in [1.82, 2.24) is 24.7 Å². The average molecular weight is 351 g/mol. The molecule has 0 spiro atoms. The number of H-pyrrole nitrogens is 1. The number of fused-ring (bicyclic) bond motifs is 3. The van der Waals surface area contributed by atoms with Gasteiger partial charge < -0.3 is 20.1 Å². The Bertz CT molecular complexity index is 1080. The summed E-state index contributed by atoms with van der Waals surface area (Å²) in [5.74, 6) is 0.623. The summed E-state index contributed by atoms with van der Waals surface area (Å²) in [5, 5.41) is 11.6. The summed E-state index contributed by atoms with van der Waals surface area (Å²) in [4.78, 5) is 24.6. The molecule has 0 aliphatic rings. The van der Waals surface area contributed by atoms with Gasteiger partial charge in [-0.2, -0.15) is 0 Å². The van der Waals surface area contributed by atoms with Crippen LogP contribution in [0.15, 0.2) is 42.7 Å². The van der Waals surface area contributed by atoms with Crippen molar-refractivity contribution in [3.63, 3.8) is 0 Å².